The molecule has 1 aliphatic heterocycles. The van der Waals surface area contributed by atoms with Crippen LogP contribution in [0.2, 0.25) is 0 Å². The zero-order valence-electron chi connectivity index (χ0n) is 16.8. The smallest absolute Gasteiger partial charge is 0.321 e. The molecule has 0 bridgehead atoms. The van der Waals surface area contributed by atoms with E-state index in [4.69, 9.17) is 10.00 Å². The summed E-state index contributed by atoms with van der Waals surface area (Å²) in [6.45, 7) is 1.51. The van der Waals surface area contributed by atoms with Crippen molar-refractivity contribution in [2.24, 2.45) is 0 Å². The van der Waals surface area contributed by atoms with Gasteiger partial charge in [0.15, 0.2) is 6.61 Å². The van der Waals surface area contributed by atoms with Gasteiger partial charge >= 0.3 is 5.97 Å². The predicted octanol–water partition coefficient (Wildman–Crippen LogP) is 2.30. The van der Waals surface area contributed by atoms with Crippen molar-refractivity contribution in [3.63, 3.8) is 0 Å². The lowest BCUT2D eigenvalue weighted by atomic mass is 10.2. The van der Waals surface area contributed by atoms with Gasteiger partial charge in [-0.05, 0) is 42.8 Å². The number of nitriles is 1. The number of ether oxygens (including phenoxy) is 1. The first-order valence-corrected chi connectivity index (χ1v) is 11.9. The fraction of sp³-hybridized carbons (Fsp3) is 0.286. The molecule has 0 saturated heterocycles. The molecular formula is C21H21N3O5S2. The number of sulfonamides is 1. The second kappa shape index (κ2) is 9.96. The van der Waals surface area contributed by atoms with Crippen molar-refractivity contribution in [1.29, 1.82) is 5.26 Å². The first kappa shape index (κ1) is 22.8. The number of hydrogen-bond acceptors (Lipinski definition) is 7. The number of rotatable bonds is 6. The SMILES string of the molecule is CC1CCN(C(=O)COC(=O)CNS(=O)(=O)c2ccc(C#N)cc2)c2ccccc2S1. The lowest BCUT2D eigenvalue weighted by molar-refractivity contribution is -0.146. The van der Waals surface area contributed by atoms with E-state index in [-0.39, 0.29) is 10.8 Å². The average Bonchev–Trinajstić information content (AvgIpc) is 2.94. The Hall–Kier alpha value is -2.87. The molecule has 162 valence electrons. The fourth-order valence-electron chi connectivity index (χ4n) is 2.96. The molecule has 1 heterocycles. The molecule has 8 nitrogen and oxygen atoms in total. The number of thioether (sulfide) groups is 1. The highest BCUT2D eigenvalue weighted by Crippen LogP contribution is 2.37. The highest BCUT2D eigenvalue weighted by Gasteiger charge is 2.25. The van der Waals surface area contributed by atoms with Gasteiger partial charge in [-0.15, -0.1) is 11.8 Å². The molecule has 0 spiro atoms. The van der Waals surface area contributed by atoms with Crippen LogP contribution in [0.1, 0.15) is 18.9 Å². The third-order valence-electron chi connectivity index (χ3n) is 4.60. The summed E-state index contributed by atoms with van der Waals surface area (Å²) >= 11 is 1.69. The Labute approximate surface area is 185 Å². The largest absolute Gasteiger partial charge is 0.455 e. The topological polar surface area (TPSA) is 117 Å². The van der Waals surface area contributed by atoms with E-state index in [9.17, 15) is 18.0 Å². The van der Waals surface area contributed by atoms with Gasteiger partial charge in [-0.3, -0.25) is 9.59 Å². The lowest BCUT2D eigenvalue weighted by Gasteiger charge is -2.22. The van der Waals surface area contributed by atoms with Crippen LogP contribution in [-0.4, -0.2) is 45.2 Å². The van der Waals surface area contributed by atoms with E-state index in [1.165, 1.54) is 24.3 Å². The maximum Gasteiger partial charge on any atom is 0.321 e. The summed E-state index contributed by atoms with van der Waals surface area (Å²) in [6, 6.07) is 14.7. The summed E-state index contributed by atoms with van der Waals surface area (Å²) in [5.41, 5.74) is 1.10. The Bertz CT molecular complexity index is 1110. The minimum absolute atomic E-state index is 0.0804. The van der Waals surface area contributed by atoms with Crippen LogP contribution >= 0.6 is 11.8 Å². The number of nitrogens with one attached hydrogen (secondary N) is 1. The number of fused-ring (bicyclic) bond motifs is 1. The Kier molecular flexibility index (Phi) is 7.33. The fourth-order valence-corrected chi connectivity index (χ4v) is 5.04. The van der Waals surface area contributed by atoms with E-state index in [2.05, 4.69) is 11.6 Å². The van der Waals surface area contributed by atoms with Crippen molar-refractivity contribution >= 4 is 39.3 Å². The second-order valence-electron chi connectivity index (χ2n) is 6.85. The third kappa shape index (κ3) is 5.85. The highest BCUT2D eigenvalue weighted by molar-refractivity contribution is 8.00. The molecule has 2 aromatic rings. The van der Waals surface area contributed by atoms with E-state index >= 15 is 0 Å². The second-order valence-corrected chi connectivity index (χ2v) is 10.1. The molecule has 0 aromatic heterocycles. The molecule has 31 heavy (non-hydrogen) atoms. The Balaban J connectivity index is 1.56. The first-order valence-electron chi connectivity index (χ1n) is 9.51. The van der Waals surface area contributed by atoms with E-state index in [1.54, 1.807) is 16.7 Å². The number of anilines is 1. The molecule has 0 fully saturated rings. The maximum atomic E-state index is 12.7. The molecule has 1 aliphatic rings. The van der Waals surface area contributed by atoms with Gasteiger partial charge in [0, 0.05) is 16.7 Å². The van der Waals surface area contributed by atoms with Crippen LogP contribution < -0.4 is 9.62 Å². The number of esters is 1. The molecule has 10 heteroatoms. The lowest BCUT2D eigenvalue weighted by Crippen LogP contribution is -2.37. The quantitative estimate of drug-likeness (QED) is 0.659. The standard InChI is InChI=1S/C21H21N3O5S2/c1-15-10-11-24(18-4-2-3-5-19(18)30-15)20(25)14-29-21(26)13-23-31(27,28)17-8-6-16(12-22)7-9-17/h2-9,15,23H,10-11,13-14H2,1H3. The summed E-state index contributed by atoms with van der Waals surface area (Å²) in [4.78, 5) is 27.2. The Morgan fingerprint density at radius 3 is 2.65 bits per heavy atom. The normalized spacial score (nSPS) is 16.0. The number of benzene rings is 2. The minimum Gasteiger partial charge on any atom is -0.455 e. The summed E-state index contributed by atoms with van der Waals surface area (Å²) in [6.07, 6.45) is 0.795. The van der Waals surface area contributed by atoms with Crippen molar-refractivity contribution in [2.75, 3.05) is 24.6 Å². The van der Waals surface area contributed by atoms with Gasteiger partial charge in [-0.25, -0.2) is 8.42 Å². The number of amides is 1. The van der Waals surface area contributed by atoms with Gasteiger partial charge in [-0.1, -0.05) is 19.1 Å². The van der Waals surface area contributed by atoms with Crippen LogP contribution in [0, 0.1) is 11.3 Å². The van der Waals surface area contributed by atoms with Crippen molar-refractivity contribution in [3.8, 4) is 6.07 Å². The summed E-state index contributed by atoms with van der Waals surface area (Å²) < 4.78 is 31.6. The summed E-state index contributed by atoms with van der Waals surface area (Å²) in [5.74, 6) is -1.23. The molecule has 2 aromatic carbocycles. The number of carbonyl (C=O) groups is 2. The Morgan fingerprint density at radius 2 is 1.94 bits per heavy atom. The van der Waals surface area contributed by atoms with Gasteiger partial charge in [0.2, 0.25) is 10.0 Å². The van der Waals surface area contributed by atoms with Gasteiger partial charge in [0.25, 0.3) is 5.91 Å². The average molecular weight is 460 g/mol. The molecule has 3 rings (SSSR count). The van der Waals surface area contributed by atoms with E-state index in [0.717, 1.165) is 17.0 Å². The molecular weight excluding hydrogens is 438 g/mol. The first-order chi connectivity index (χ1) is 14.8. The summed E-state index contributed by atoms with van der Waals surface area (Å²) in [5, 5.41) is 9.13. The Morgan fingerprint density at radius 1 is 1.23 bits per heavy atom. The van der Waals surface area contributed by atoms with Crippen LogP contribution in [0.5, 0.6) is 0 Å². The number of nitrogens with zero attached hydrogens (tertiary/aromatic N) is 2. The molecule has 0 saturated carbocycles. The number of carbonyl (C=O) groups excluding carboxylic acids is 2. The minimum atomic E-state index is -3.95. The molecule has 1 N–H and O–H groups in total. The van der Waals surface area contributed by atoms with Crippen LogP contribution in [0.25, 0.3) is 0 Å². The third-order valence-corrected chi connectivity index (χ3v) is 7.26. The van der Waals surface area contributed by atoms with Gasteiger partial charge < -0.3 is 9.64 Å². The highest BCUT2D eigenvalue weighted by atomic mass is 32.2. The van der Waals surface area contributed by atoms with Crippen LogP contribution in [-0.2, 0) is 24.3 Å². The molecule has 0 radical (unpaired) electrons. The van der Waals surface area contributed by atoms with Gasteiger partial charge in [0.1, 0.15) is 6.54 Å². The summed E-state index contributed by atoms with van der Waals surface area (Å²) in [7, 11) is -3.95. The van der Waals surface area contributed by atoms with Gasteiger partial charge in [0.05, 0.1) is 22.2 Å². The van der Waals surface area contributed by atoms with Crippen molar-refractivity contribution in [1.82, 2.24) is 4.72 Å². The molecule has 1 atom stereocenters. The number of para-hydroxylation sites is 1. The zero-order chi connectivity index (χ0) is 22.4. The van der Waals surface area contributed by atoms with E-state index < -0.39 is 29.1 Å². The predicted molar refractivity (Wildman–Crippen MR) is 116 cm³/mol. The molecule has 1 amide bonds. The molecule has 1 unspecified atom stereocenters. The van der Waals surface area contributed by atoms with Crippen molar-refractivity contribution < 1.29 is 22.7 Å². The van der Waals surface area contributed by atoms with Gasteiger partial charge in [-0.2, -0.15) is 9.98 Å². The van der Waals surface area contributed by atoms with Crippen molar-refractivity contribution in [3.05, 3.63) is 54.1 Å². The van der Waals surface area contributed by atoms with E-state index in [0.29, 0.717) is 17.4 Å². The molecule has 0 aliphatic carbocycles. The van der Waals surface area contributed by atoms with Crippen LogP contribution in [0.3, 0.4) is 0 Å². The monoisotopic (exact) mass is 459 g/mol. The van der Waals surface area contributed by atoms with E-state index in [1.807, 2.05) is 30.3 Å². The van der Waals surface area contributed by atoms with Crippen LogP contribution in [0.4, 0.5) is 5.69 Å². The zero-order valence-corrected chi connectivity index (χ0v) is 18.4. The van der Waals surface area contributed by atoms with Crippen LogP contribution in [0.15, 0.2) is 58.3 Å². The maximum absolute atomic E-state index is 12.7. The van der Waals surface area contributed by atoms with Crippen molar-refractivity contribution in [2.45, 2.75) is 28.4 Å². The number of hydrogen-bond donors (Lipinski definition) is 1.